The standard InChI is InChI=1S/C17H22N8O2/c1-27-17-22-15(20-12-2-3-14-11(8-12)9-19-24-14)21-16(23-17)25-6-5-18-10-13(25)4-7-26/h2-3,8-9,13,18,26H,4-7,10H2,1H3,(H,19,24)(H,20,21,22,23). The van der Waals surface area contributed by atoms with Crippen LogP contribution in [0.25, 0.3) is 10.9 Å². The number of H-pyrrole nitrogens is 1. The van der Waals surface area contributed by atoms with E-state index in [0.29, 0.717) is 18.3 Å². The van der Waals surface area contributed by atoms with Gasteiger partial charge in [0.15, 0.2) is 0 Å². The number of aromatic nitrogens is 5. The number of ether oxygens (including phenoxy) is 1. The average molecular weight is 370 g/mol. The van der Waals surface area contributed by atoms with E-state index in [2.05, 4.69) is 40.7 Å². The van der Waals surface area contributed by atoms with E-state index in [0.717, 1.165) is 36.2 Å². The molecule has 4 rings (SSSR count). The number of rotatable bonds is 6. The SMILES string of the molecule is COc1nc(Nc2ccc3[nH]ncc3c2)nc(N2CCNCC2CCO)n1. The van der Waals surface area contributed by atoms with Crippen LogP contribution in [0.3, 0.4) is 0 Å². The predicted molar refractivity (Wildman–Crippen MR) is 101 cm³/mol. The molecule has 4 N–H and O–H groups in total. The maximum atomic E-state index is 9.35. The highest BCUT2D eigenvalue weighted by molar-refractivity contribution is 5.82. The van der Waals surface area contributed by atoms with Crippen LogP contribution in [0.15, 0.2) is 24.4 Å². The fourth-order valence-corrected chi connectivity index (χ4v) is 3.20. The van der Waals surface area contributed by atoms with E-state index >= 15 is 0 Å². The third-order valence-electron chi connectivity index (χ3n) is 4.55. The predicted octanol–water partition coefficient (Wildman–Crippen LogP) is 0.661. The van der Waals surface area contributed by atoms with Gasteiger partial charge in [-0.05, 0) is 24.6 Å². The Balaban J connectivity index is 1.63. The highest BCUT2D eigenvalue weighted by atomic mass is 16.5. The summed E-state index contributed by atoms with van der Waals surface area (Å²) >= 11 is 0. The summed E-state index contributed by atoms with van der Waals surface area (Å²) in [4.78, 5) is 15.4. The normalized spacial score (nSPS) is 17.3. The molecule has 0 aliphatic carbocycles. The van der Waals surface area contributed by atoms with Crippen molar-refractivity contribution in [2.75, 3.05) is 43.6 Å². The lowest BCUT2D eigenvalue weighted by atomic mass is 10.1. The Morgan fingerprint density at radius 1 is 1.33 bits per heavy atom. The van der Waals surface area contributed by atoms with Crippen LogP contribution in [0.5, 0.6) is 6.01 Å². The van der Waals surface area contributed by atoms with Gasteiger partial charge >= 0.3 is 6.01 Å². The molecule has 1 atom stereocenters. The summed E-state index contributed by atoms with van der Waals surface area (Å²) in [6, 6.07) is 6.20. The van der Waals surface area contributed by atoms with Crippen molar-refractivity contribution < 1.29 is 9.84 Å². The number of hydrogen-bond donors (Lipinski definition) is 4. The van der Waals surface area contributed by atoms with E-state index in [9.17, 15) is 5.11 Å². The summed E-state index contributed by atoms with van der Waals surface area (Å²) in [6.45, 7) is 2.46. The first kappa shape index (κ1) is 17.4. The number of aliphatic hydroxyl groups excluding tert-OH is 1. The maximum absolute atomic E-state index is 9.35. The first-order chi connectivity index (χ1) is 13.3. The van der Waals surface area contributed by atoms with Gasteiger partial charge in [0, 0.05) is 43.4 Å². The summed E-state index contributed by atoms with van der Waals surface area (Å²) in [5.41, 5.74) is 1.80. The fraction of sp³-hybridized carbons (Fsp3) is 0.412. The Kier molecular flexibility index (Phi) is 4.99. The molecule has 0 saturated carbocycles. The Morgan fingerprint density at radius 3 is 3.11 bits per heavy atom. The molecule has 1 fully saturated rings. The number of hydrogen-bond acceptors (Lipinski definition) is 9. The second-order valence-corrected chi connectivity index (χ2v) is 6.31. The monoisotopic (exact) mass is 370 g/mol. The van der Waals surface area contributed by atoms with Crippen molar-refractivity contribution in [1.29, 1.82) is 0 Å². The Labute approximate surface area is 156 Å². The second kappa shape index (κ2) is 7.72. The van der Waals surface area contributed by atoms with Crippen molar-refractivity contribution in [3.63, 3.8) is 0 Å². The van der Waals surface area contributed by atoms with Gasteiger partial charge in [0.2, 0.25) is 11.9 Å². The second-order valence-electron chi connectivity index (χ2n) is 6.31. The minimum atomic E-state index is 0.112. The number of aromatic amines is 1. The van der Waals surface area contributed by atoms with Crippen LogP contribution in [-0.2, 0) is 0 Å². The van der Waals surface area contributed by atoms with Gasteiger partial charge in [-0.3, -0.25) is 5.10 Å². The van der Waals surface area contributed by atoms with Gasteiger partial charge in [-0.2, -0.15) is 20.1 Å². The third kappa shape index (κ3) is 3.76. The lowest BCUT2D eigenvalue weighted by Crippen LogP contribution is -2.52. The smallest absolute Gasteiger partial charge is 0.322 e. The summed E-state index contributed by atoms with van der Waals surface area (Å²) in [6.07, 6.45) is 2.40. The zero-order chi connectivity index (χ0) is 18.6. The van der Waals surface area contributed by atoms with Gasteiger partial charge in [0.05, 0.1) is 18.8 Å². The lowest BCUT2D eigenvalue weighted by Gasteiger charge is -2.36. The molecule has 10 nitrogen and oxygen atoms in total. The van der Waals surface area contributed by atoms with Crippen LogP contribution in [0.4, 0.5) is 17.6 Å². The highest BCUT2D eigenvalue weighted by Gasteiger charge is 2.25. The quantitative estimate of drug-likeness (QED) is 0.495. The number of anilines is 3. The fourth-order valence-electron chi connectivity index (χ4n) is 3.20. The van der Waals surface area contributed by atoms with Crippen molar-refractivity contribution in [2.45, 2.75) is 12.5 Å². The first-order valence-electron chi connectivity index (χ1n) is 8.85. The highest BCUT2D eigenvalue weighted by Crippen LogP contribution is 2.23. The Bertz CT molecular complexity index is 913. The number of nitrogens with one attached hydrogen (secondary N) is 3. The van der Waals surface area contributed by atoms with E-state index in [1.54, 1.807) is 6.20 Å². The van der Waals surface area contributed by atoms with Gasteiger partial charge in [0.1, 0.15) is 0 Å². The number of benzene rings is 1. The van der Waals surface area contributed by atoms with Gasteiger partial charge in [-0.25, -0.2) is 0 Å². The van der Waals surface area contributed by atoms with Crippen molar-refractivity contribution in [2.24, 2.45) is 0 Å². The lowest BCUT2D eigenvalue weighted by molar-refractivity contribution is 0.265. The zero-order valence-corrected chi connectivity index (χ0v) is 15.0. The third-order valence-corrected chi connectivity index (χ3v) is 4.55. The van der Waals surface area contributed by atoms with Crippen molar-refractivity contribution in [3.8, 4) is 6.01 Å². The molecule has 1 saturated heterocycles. The summed E-state index contributed by atoms with van der Waals surface area (Å²) < 4.78 is 5.27. The maximum Gasteiger partial charge on any atom is 0.322 e. The van der Waals surface area contributed by atoms with Crippen molar-refractivity contribution >= 4 is 28.5 Å². The first-order valence-corrected chi connectivity index (χ1v) is 8.85. The zero-order valence-electron chi connectivity index (χ0n) is 15.0. The molecule has 3 aromatic rings. The van der Waals surface area contributed by atoms with Gasteiger partial charge < -0.3 is 25.4 Å². The van der Waals surface area contributed by atoms with E-state index in [-0.39, 0.29) is 18.7 Å². The molecule has 0 bridgehead atoms. The molecule has 1 aromatic carbocycles. The topological polar surface area (TPSA) is 124 Å². The largest absolute Gasteiger partial charge is 0.467 e. The van der Waals surface area contributed by atoms with Crippen molar-refractivity contribution in [3.05, 3.63) is 24.4 Å². The van der Waals surface area contributed by atoms with Gasteiger partial charge in [-0.1, -0.05) is 0 Å². The van der Waals surface area contributed by atoms with E-state index < -0.39 is 0 Å². The molecule has 0 amide bonds. The molecule has 142 valence electrons. The molecule has 1 aliphatic rings. The van der Waals surface area contributed by atoms with Crippen LogP contribution in [0, 0.1) is 0 Å². The molecule has 3 heterocycles. The number of nitrogens with zero attached hydrogens (tertiary/aromatic N) is 5. The Hall–Kier alpha value is -2.98. The molecule has 27 heavy (non-hydrogen) atoms. The van der Waals surface area contributed by atoms with Crippen LogP contribution in [-0.4, -0.2) is 69.6 Å². The number of aliphatic hydroxyl groups is 1. The molecular formula is C17H22N8O2. The number of fused-ring (bicyclic) bond motifs is 1. The minimum Gasteiger partial charge on any atom is -0.467 e. The molecule has 10 heteroatoms. The number of methoxy groups -OCH3 is 1. The molecule has 0 radical (unpaired) electrons. The van der Waals surface area contributed by atoms with E-state index in [1.165, 1.54) is 7.11 Å². The van der Waals surface area contributed by atoms with Gasteiger partial charge in [0.25, 0.3) is 0 Å². The molecular weight excluding hydrogens is 348 g/mol. The molecule has 1 aliphatic heterocycles. The molecule has 2 aromatic heterocycles. The van der Waals surface area contributed by atoms with Crippen molar-refractivity contribution in [1.82, 2.24) is 30.5 Å². The van der Waals surface area contributed by atoms with Crippen LogP contribution in [0.1, 0.15) is 6.42 Å². The summed E-state index contributed by atoms with van der Waals surface area (Å²) in [5.74, 6) is 0.940. The van der Waals surface area contributed by atoms with Crippen LogP contribution >= 0.6 is 0 Å². The van der Waals surface area contributed by atoms with Gasteiger partial charge in [-0.15, -0.1) is 0 Å². The minimum absolute atomic E-state index is 0.112. The Morgan fingerprint density at radius 2 is 2.26 bits per heavy atom. The molecule has 0 spiro atoms. The van der Waals surface area contributed by atoms with E-state index in [1.807, 2.05) is 18.2 Å². The summed E-state index contributed by atoms with van der Waals surface area (Å²) in [5, 5.41) is 23.8. The number of piperazine rings is 1. The summed E-state index contributed by atoms with van der Waals surface area (Å²) in [7, 11) is 1.53. The molecule has 1 unspecified atom stereocenters. The van der Waals surface area contributed by atoms with E-state index in [4.69, 9.17) is 4.74 Å². The average Bonchev–Trinajstić information content (AvgIpc) is 3.16. The van der Waals surface area contributed by atoms with Crippen LogP contribution in [0.2, 0.25) is 0 Å². The van der Waals surface area contributed by atoms with Crippen LogP contribution < -0.4 is 20.3 Å².